The van der Waals surface area contributed by atoms with Crippen LogP contribution in [-0.4, -0.2) is 37.6 Å². The summed E-state index contributed by atoms with van der Waals surface area (Å²) in [5.41, 5.74) is 1.02. The summed E-state index contributed by atoms with van der Waals surface area (Å²) < 4.78 is 5.35. The summed E-state index contributed by atoms with van der Waals surface area (Å²) in [6.45, 7) is 4.32. The zero-order chi connectivity index (χ0) is 14.4. The molecule has 3 heteroatoms. The molecule has 0 atom stereocenters. The van der Waals surface area contributed by atoms with Gasteiger partial charge in [-0.2, -0.15) is 0 Å². The molecule has 20 heavy (non-hydrogen) atoms. The van der Waals surface area contributed by atoms with Crippen LogP contribution >= 0.6 is 0 Å². The summed E-state index contributed by atoms with van der Waals surface area (Å²) in [7, 11) is 2.12. The average molecular weight is 275 g/mol. The van der Waals surface area contributed by atoms with E-state index in [9.17, 15) is 4.79 Å². The molecule has 1 heterocycles. The minimum absolute atomic E-state index is 0.00373. The van der Waals surface area contributed by atoms with Gasteiger partial charge in [-0.3, -0.25) is 4.79 Å². The molecule has 3 nitrogen and oxygen atoms in total. The first kappa shape index (κ1) is 15.0. The first-order chi connectivity index (χ1) is 9.66. The highest BCUT2D eigenvalue weighted by molar-refractivity contribution is 5.77. The highest BCUT2D eigenvalue weighted by Crippen LogP contribution is 2.37. The third-order valence-electron chi connectivity index (χ3n) is 4.39. The second-order valence-corrected chi connectivity index (χ2v) is 5.79. The van der Waals surface area contributed by atoms with E-state index in [0.29, 0.717) is 6.61 Å². The Labute approximate surface area is 121 Å². The molecule has 1 aromatic carbocycles. The van der Waals surface area contributed by atoms with Crippen molar-refractivity contribution >= 4 is 5.97 Å². The van der Waals surface area contributed by atoms with Crippen molar-refractivity contribution in [2.75, 3.05) is 26.7 Å². The van der Waals surface area contributed by atoms with E-state index in [-0.39, 0.29) is 11.4 Å². The van der Waals surface area contributed by atoms with Crippen molar-refractivity contribution in [1.29, 1.82) is 0 Å². The normalized spacial score (nSPS) is 18.7. The minimum Gasteiger partial charge on any atom is -0.466 e. The Morgan fingerprint density at radius 1 is 1.25 bits per heavy atom. The molecular weight excluding hydrogens is 250 g/mol. The maximum atomic E-state index is 12.4. The van der Waals surface area contributed by atoms with Crippen LogP contribution in [0, 0.1) is 5.41 Å². The standard InChI is InChI=1S/C17H25NO2/c1-3-20-16(19)17(11-13-18(2)14-12-17)10-9-15-7-5-4-6-8-15/h4-8H,3,9-14H2,1-2H3. The van der Waals surface area contributed by atoms with E-state index in [2.05, 4.69) is 36.2 Å². The summed E-state index contributed by atoms with van der Waals surface area (Å²) in [6, 6.07) is 10.4. The molecule has 110 valence electrons. The van der Waals surface area contributed by atoms with Gasteiger partial charge in [-0.1, -0.05) is 30.3 Å². The summed E-state index contributed by atoms with van der Waals surface area (Å²) in [4.78, 5) is 14.7. The van der Waals surface area contributed by atoms with Crippen molar-refractivity contribution in [3.05, 3.63) is 35.9 Å². The Hall–Kier alpha value is -1.35. The smallest absolute Gasteiger partial charge is 0.312 e. The highest BCUT2D eigenvalue weighted by atomic mass is 16.5. The average Bonchev–Trinajstić information content (AvgIpc) is 2.48. The van der Waals surface area contributed by atoms with Gasteiger partial charge in [-0.05, 0) is 58.3 Å². The molecule has 0 saturated carbocycles. The third kappa shape index (κ3) is 3.60. The maximum Gasteiger partial charge on any atom is 0.312 e. The molecule has 2 rings (SSSR count). The number of likely N-dealkylation sites (tertiary alicyclic amines) is 1. The summed E-state index contributed by atoms with van der Waals surface area (Å²) >= 11 is 0. The number of carbonyl (C=O) groups is 1. The number of piperidine rings is 1. The lowest BCUT2D eigenvalue weighted by atomic mass is 9.74. The van der Waals surface area contributed by atoms with E-state index in [0.717, 1.165) is 38.8 Å². The predicted octanol–water partition coefficient (Wildman–Crippen LogP) is 2.89. The van der Waals surface area contributed by atoms with Crippen LogP contribution < -0.4 is 0 Å². The fourth-order valence-electron chi connectivity index (χ4n) is 2.92. The highest BCUT2D eigenvalue weighted by Gasteiger charge is 2.41. The lowest BCUT2D eigenvalue weighted by molar-refractivity contribution is -0.159. The van der Waals surface area contributed by atoms with Gasteiger partial charge in [-0.15, -0.1) is 0 Å². The summed E-state index contributed by atoms with van der Waals surface area (Å²) in [6.07, 6.45) is 3.66. The van der Waals surface area contributed by atoms with Gasteiger partial charge >= 0.3 is 5.97 Å². The van der Waals surface area contributed by atoms with E-state index in [1.807, 2.05) is 13.0 Å². The molecule has 0 unspecified atom stereocenters. The molecule has 0 aliphatic carbocycles. The zero-order valence-corrected chi connectivity index (χ0v) is 12.6. The number of nitrogens with zero attached hydrogens (tertiary/aromatic N) is 1. The van der Waals surface area contributed by atoms with Gasteiger partial charge in [0.25, 0.3) is 0 Å². The van der Waals surface area contributed by atoms with Gasteiger partial charge in [0.05, 0.1) is 12.0 Å². The topological polar surface area (TPSA) is 29.5 Å². The molecule has 0 amide bonds. The van der Waals surface area contributed by atoms with Gasteiger partial charge in [-0.25, -0.2) is 0 Å². The molecule has 0 spiro atoms. The van der Waals surface area contributed by atoms with Crippen molar-refractivity contribution in [3.63, 3.8) is 0 Å². The fourth-order valence-corrected chi connectivity index (χ4v) is 2.92. The quantitative estimate of drug-likeness (QED) is 0.774. The number of esters is 1. The summed E-state index contributed by atoms with van der Waals surface area (Å²) in [5, 5.41) is 0. The first-order valence-corrected chi connectivity index (χ1v) is 7.56. The van der Waals surface area contributed by atoms with Crippen molar-refractivity contribution < 1.29 is 9.53 Å². The number of carbonyl (C=O) groups excluding carboxylic acids is 1. The minimum atomic E-state index is -0.279. The fraction of sp³-hybridized carbons (Fsp3) is 0.588. The number of ether oxygens (including phenoxy) is 1. The van der Waals surface area contributed by atoms with Crippen LogP contribution in [0.3, 0.4) is 0 Å². The van der Waals surface area contributed by atoms with Crippen molar-refractivity contribution in [2.24, 2.45) is 5.41 Å². The Bertz CT molecular complexity index is 422. The lowest BCUT2D eigenvalue weighted by Crippen LogP contribution is -2.44. The summed E-state index contributed by atoms with van der Waals surface area (Å²) in [5.74, 6) is 0.00373. The molecule has 0 aromatic heterocycles. The molecule has 1 saturated heterocycles. The SMILES string of the molecule is CCOC(=O)C1(CCc2ccccc2)CCN(C)CC1. The monoisotopic (exact) mass is 275 g/mol. The van der Waals surface area contributed by atoms with E-state index >= 15 is 0 Å². The number of hydrogen-bond donors (Lipinski definition) is 0. The molecule has 1 aromatic rings. The first-order valence-electron chi connectivity index (χ1n) is 7.56. The van der Waals surface area contributed by atoms with E-state index in [4.69, 9.17) is 4.74 Å². The molecule has 0 bridgehead atoms. The van der Waals surface area contributed by atoms with Gasteiger partial charge in [0.2, 0.25) is 0 Å². The van der Waals surface area contributed by atoms with E-state index in [1.165, 1.54) is 5.56 Å². The van der Waals surface area contributed by atoms with Crippen molar-refractivity contribution in [1.82, 2.24) is 4.90 Å². The maximum absolute atomic E-state index is 12.4. The second kappa shape index (κ2) is 6.89. The van der Waals surface area contributed by atoms with Crippen LogP contribution in [0.15, 0.2) is 30.3 Å². The van der Waals surface area contributed by atoms with Crippen LogP contribution in [-0.2, 0) is 16.0 Å². The number of hydrogen-bond acceptors (Lipinski definition) is 3. The molecule has 1 fully saturated rings. The Morgan fingerprint density at radius 2 is 1.90 bits per heavy atom. The second-order valence-electron chi connectivity index (χ2n) is 5.79. The molecule has 0 radical (unpaired) electrons. The predicted molar refractivity (Wildman–Crippen MR) is 80.6 cm³/mol. The van der Waals surface area contributed by atoms with Gasteiger partial charge < -0.3 is 9.64 Å². The number of benzene rings is 1. The van der Waals surface area contributed by atoms with Crippen molar-refractivity contribution in [3.8, 4) is 0 Å². The molecule has 1 aliphatic rings. The Morgan fingerprint density at radius 3 is 2.50 bits per heavy atom. The molecule has 1 aliphatic heterocycles. The van der Waals surface area contributed by atoms with Crippen LogP contribution in [0.5, 0.6) is 0 Å². The Balaban J connectivity index is 2.05. The zero-order valence-electron chi connectivity index (χ0n) is 12.6. The number of rotatable bonds is 5. The van der Waals surface area contributed by atoms with Gasteiger partial charge in [0.1, 0.15) is 0 Å². The van der Waals surface area contributed by atoms with Gasteiger partial charge in [0, 0.05) is 0 Å². The molecular formula is C17H25NO2. The third-order valence-corrected chi connectivity index (χ3v) is 4.39. The number of aryl methyl sites for hydroxylation is 1. The van der Waals surface area contributed by atoms with Crippen LogP contribution in [0.1, 0.15) is 31.7 Å². The van der Waals surface area contributed by atoms with Crippen molar-refractivity contribution in [2.45, 2.75) is 32.6 Å². The van der Waals surface area contributed by atoms with E-state index in [1.54, 1.807) is 0 Å². The van der Waals surface area contributed by atoms with Crippen LogP contribution in [0.25, 0.3) is 0 Å². The van der Waals surface area contributed by atoms with Gasteiger partial charge in [0.15, 0.2) is 0 Å². The van der Waals surface area contributed by atoms with E-state index < -0.39 is 0 Å². The lowest BCUT2D eigenvalue weighted by Gasteiger charge is -2.38. The Kier molecular flexibility index (Phi) is 5.18. The van der Waals surface area contributed by atoms with Crippen LogP contribution in [0.4, 0.5) is 0 Å². The molecule has 0 N–H and O–H groups in total. The largest absolute Gasteiger partial charge is 0.466 e. The van der Waals surface area contributed by atoms with Crippen LogP contribution in [0.2, 0.25) is 0 Å².